The normalized spacial score (nSPS) is 10.3. The molecule has 2 amide bonds. The van der Waals surface area contributed by atoms with Gasteiger partial charge >= 0.3 is 0 Å². The maximum atomic E-state index is 12.8. The van der Waals surface area contributed by atoms with Crippen LogP contribution >= 0.6 is 28.1 Å². The molecule has 0 saturated heterocycles. The largest absolute Gasteiger partial charge is 0.339 e. The number of hydrogen-bond acceptors (Lipinski definition) is 3. The first-order chi connectivity index (χ1) is 13.8. The van der Waals surface area contributed by atoms with Crippen LogP contribution in [-0.2, 0) is 0 Å². The van der Waals surface area contributed by atoms with Gasteiger partial charge in [0.2, 0.25) is 0 Å². The molecule has 0 atom stereocenters. The van der Waals surface area contributed by atoms with Crippen LogP contribution in [0.4, 0.5) is 5.69 Å². The molecule has 0 radical (unpaired) electrons. The molecule has 2 N–H and O–H groups in total. The number of carbonyl (C=O) groups excluding carboxylic acids is 2. The van der Waals surface area contributed by atoms with Crippen molar-refractivity contribution in [2.45, 2.75) is 33.6 Å². The van der Waals surface area contributed by atoms with Crippen LogP contribution in [0.1, 0.15) is 53.0 Å². The van der Waals surface area contributed by atoms with Crippen molar-refractivity contribution >= 4 is 50.8 Å². The molecule has 0 unspecified atom stereocenters. The van der Waals surface area contributed by atoms with Gasteiger partial charge in [-0.05, 0) is 67.9 Å². The van der Waals surface area contributed by atoms with E-state index in [2.05, 4.69) is 40.4 Å². The van der Waals surface area contributed by atoms with Crippen molar-refractivity contribution in [3.8, 4) is 0 Å². The fraction of sp³-hybridized carbons (Fsp3) is 0.318. The summed E-state index contributed by atoms with van der Waals surface area (Å²) in [6, 6.07) is 12.5. The van der Waals surface area contributed by atoms with Crippen LogP contribution in [-0.4, -0.2) is 34.9 Å². The van der Waals surface area contributed by atoms with E-state index in [1.165, 1.54) is 0 Å². The van der Waals surface area contributed by atoms with Gasteiger partial charge in [-0.25, -0.2) is 0 Å². The Bertz CT molecular complexity index is 895. The fourth-order valence-electron chi connectivity index (χ4n) is 2.84. The molecule has 0 saturated carbocycles. The van der Waals surface area contributed by atoms with Gasteiger partial charge in [-0.3, -0.25) is 14.9 Å². The van der Waals surface area contributed by atoms with Crippen molar-refractivity contribution in [3.63, 3.8) is 0 Å². The smallest absolute Gasteiger partial charge is 0.257 e. The zero-order chi connectivity index (χ0) is 21.4. The molecule has 154 valence electrons. The second-order valence-corrected chi connectivity index (χ2v) is 8.01. The second kappa shape index (κ2) is 11.1. The third kappa shape index (κ3) is 6.65. The molecule has 29 heavy (non-hydrogen) atoms. The van der Waals surface area contributed by atoms with E-state index in [9.17, 15) is 9.59 Å². The number of halogens is 1. The molecule has 0 aromatic heterocycles. The summed E-state index contributed by atoms with van der Waals surface area (Å²) in [5.74, 6) is -0.302. The summed E-state index contributed by atoms with van der Waals surface area (Å²) in [5.41, 5.74) is 2.79. The summed E-state index contributed by atoms with van der Waals surface area (Å²) in [4.78, 5) is 27.0. The third-order valence-corrected chi connectivity index (χ3v) is 5.36. The lowest BCUT2D eigenvalue weighted by Crippen LogP contribution is -2.34. The molecule has 5 nitrogen and oxygen atoms in total. The van der Waals surface area contributed by atoms with Crippen molar-refractivity contribution in [2.75, 3.05) is 18.4 Å². The number of amides is 2. The van der Waals surface area contributed by atoms with E-state index in [1.807, 2.05) is 24.0 Å². The van der Waals surface area contributed by atoms with E-state index >= 15 is 0 Å². The van der Waals surface area contributed by atoms with Crippen LogP contribution in [0, 0.1) is 6.92 Å². The summed E-state index contributed by atoms with van der Waals surface area (Å²) in [6.07, 6.45) is 1.82. The highest BCUT2D eigenvalue weighted by molar-refractivity contribution is 9.10. The zero-order valence-electron chi connectivity index (χ0n) is 16.9. The lowest BCUT2D eigenvalue weighted by Gasteiger charge is -2.21. The number of carbonyl (C=O) groups is 2. The quantitative estimate of drug-likeness (QED) is 0.543. The monoisotopic (exact) mass is 475 g/mol. The predicted molar refractivity (Wildman–Crippen MR) is 125 cm³/mol. The number of aryl methyl sites for hydroxylation is 1. The molecule has 0 heterocycles. The molecule has 0 aliphatic heterocycles. The minimum absolute atomic E-state index is 0.00295. The third-order valence-electron chi connectivity index (χ3n) is 4.30. The Morgan fingerprint density at radius 1 is 1.03 bits per heavy atom. The van der Waals surface area contributed by atoms with Gasteiger partial charge in [0.05, 0.1) is 0 Å². The van der Waals surface area contributed by atoms with Crippen LogP contribution in [0.3, 0.4) is 0 Å². The van der Waals surface area contributed by atoms with Crippen LogP contribution in [0.15, 0.2) is 46.9 Å². The zero-order valence-corrected chi connectivity index (χ0v) is 19.3. The Kier molecular flexibility index (Phi) is 8.79. The maximum absolute atomic E-state index is 12.8. The summed E-state index contributed by atoms with van der Waals surface area (Å²) < 4.78 is 0.860. The van der Waals surface area contributed by atoms with Gasteiger partial charge in [0.1, 0.15) is 0 Å². The molecule has 0 aliphatic carbocycles. The molecular formula is C22H26BrN3O2S. The fourth-order valence-corrected chi connectivity index (χ4v) is 3.43. The SMILES string of the molecule is CCCN(CCC)C(=O)c1cccc(NC(=S)NC(=O)c2ccc(C)c(Br)c2)c1. The average Bonchev–Trinajstić information content (AvgIpc) is 2.69. The van der Waals surface area contributed by atoms with E-state index in [-0.39, 0.29) is 16.9 Å². The predicted octanol–water partition coefficient (Wildman–Crippen LogP) is 5.15. The standard InChI is InChI=1S/C22H26BrN3O2S/c1-4-11-26(12-5-2)21(28)17-7-6-8-18(13-17)24-22(29)25-20(27)16-10-9-15(3)19(23)14-16/h6-10,13-14H,4-5,11-12H2,1-3H3,(H2,24,25,27,29). The first-order valence-electron chi connectivity index (χ1n) is 9.63. The summed E-state index contributed by atoms with van der Waals surface area (Å²) in [7, 11) is 0. The highest BCUT2D eigenvalue weighted by Crippen LogP contribution is 2.18. The number of benzene rings is 2. The number of nitrogens with zero attached hydrogens (tertiary/aromatic N) is 1. The van der Waals surface area contributed by atoms with Gasteiger partial charge in [0.15, 0.2) is 5.11 Å². The van der Waals surface area contributed by atoms with E-state index in [4.69, 9.17) is 12.2 Å². The number of rotatable bonds is 7. The number of thiocarbonyl (C=S) groups is 1. The minimum Gasteiger partial charge on any atom is -0.339 e. The maximum Gasteiger partial charge on any atom is 0.257 e. The summed E-state index contributed by atoms with van der Waals surface area (Å²) in [5, 5.41) is 5.83. The van der Waals surface area contributed by atoms with E-state index in [1.54, 1.807) is 30.3 Å². The second-order valence-electron chi connectivity index (χ2n) is 6.75. The Hall–Kier alpha value is -2.25. The molecule has 2 aromatic carbocycles. The topological polar surface area (TPSA) is 61.4 Å². The molecule has 7 heteroatoms. The van der Waals surface area contributed by atoms with Crippen molar-refractivity contribution in [1.82, 2.24) is 10.2 Å². The molecule has 2 rings (SSSR count). The van der Waals surface area contributed by atoms with Crippen molar-refractivity contribution in [2.24, 2.45) is 0 Å². The minimum atomic E-state index is -0.299. The Morgan fingerprint density at radius 2 is 1.72 bits per heavy atom. The highest BCUT2D eigenvalue weighted by Gasteiger charge is 2.15. The molecule has 0 aliphatic rings. The highest BCUT2D eigenvalue weighted by atomic mass is 79.9. The molecular weight excluding hydrogens is 450 g/mol. The summed E-state index contributed by atoms with van der Waals surface area (Å²) in [6.45, 7) is 7.52. The first kappa shape index (κ1) is 23.0. The Morgan fingerprint density at radius 3 is 2.34 bits per heavy atom. The van der Waals surface area contributed by atoms with Gasteiger partial charge in [0, 0.05) is 34.4 Å². The number of anilines is 1. The van der Waals surface area contributed by atoms with Gasteiger partial charge < -0.3 is 10.2 Å². The van der Waals surface area contributed by atoms with Gasteiger partial charge in [0.25, 0.3) is 11.8 Å². The van der Waals surface area contributed by atoms with Crippen LogP contribution < -0.4 is 10.6 Å². The number of hydrogen-bond donors (Lipinski definition) is 2. The van der Waals surface area contributed by atoms with Crippen molar-refractivity contribution in [1.29, 1.82) is 0 Å². The molecule has 0 fully saturated rings. The lowest BCUT2D eigenvalue weighted by molar-refractivity contribution is 0.0755. The van der Waals surface area contributed by atoms with Crippen LogP contribution in [0.25, 0.3) is 0 Å². The van der Waals surface area contributed by atoms with Crippen molar-refractivity contribution in [3.05, 3.63) is 63.6 Å². The van der Waals surface area contributed by atoms with Crippen LogP contribution in [0.2, 0.25) is 0 Å². The molecule has 0 spiro atoms. The molecule has 2 aromatic rings. The first-order valence-corrected chi connectivity index (χ1v) is 10.8. The summed E-state index contributed by atoms with van der Waals surface area (Å²) >= 11 is 8.69. The van der Waals surface area contributed by atoms with E-state index in [0.717, 1.165) is 36.0 Å². The Balaban J connectivity index is 2.05. The van der Waals surface area contributed by atoms with Gasteiger partial charge in [-0.2, -0.15) is 0 Å². The van der Waals surface area contributed by atoms with Gasteiger partial charge in [-0.15, -0.1) is 0 Å². The van der Waals surface area contributed by atoms with Crippen LogP contribution in [0.5, 0.6) is 0 Å². The van der Waals surface area contributed by atoms with Gasteiger partial charge in [-0.1, -0.05) is 41.9 Å². The molecule has 0 bridgehead atoms. The Labute approximate surface area is 186 Å². The number of nitrogens with one attached hydrogen (secondary N) is 2. The average molecular weight is 476 g/mol. The van der Waals surface area contributed by atoms with E-state index < -0.39 is 0 Å². The van der Waals surface area contributed by atoms with E-state index in [0.29, 0.717) is 16.8 Å². The lowest BCUT2D eigenvalue weighted by atomic mass is 10.1. The van der Waals surface area contributed by atoms with Crippen molar-refractivity contribution < 1.29 is 9.59 Å².